The van der Waals surface area contributed by atoms with E-state index < -0.39 is 0 Å². The minimum absolute atomic E-state index is 0.267. The minimum Gasteiger partial charge on any atom is -0.372 e. The standard InChI is InChI=1S/C30H43ClN8O3S/c1-20-8-7-9-22(31)26(20)37-27(40)23-17-33-28(43-23)36-24-16-25(35-21(2)34-24)39-12-10-38(11-13-39)14-15-41-30(5,6)19-42-29(3,4)18-32/h7-9,16-17H,10-15,18-19,32H2,1-6H3,(H,37,40)(H,33,34,35,36). The lowest BCUT2D eigenvalue weighted by Crippen LogP contribution is -2.48. The quantitative estimate of drug-likeness (QED) is 0.240. The maximum atomic E-state index is 12.8. The minimum atomic E-state index is -0.382. The molecular formula is C30H43ClN8O3S. The van der Waals surface area contributed by atoms with Gasteiger partial charge in [0.2, 0.25) is 0 Å². The van der Waals surface area contributed by atoms with Crippen LogP contribution in [0.25, 0.3) is 0 Å². The molecule has 1 aliphatic heterocycles. The number of para-hydroxylation sites is 1. The molecule has 0 saturated carbocycles. The van der Waals surface area contributed by atoms with Gasteiger partial charge in [-0.25, -0.2) is 15.0 Å². The number of aryl methyl sites for hydroxylation is 2. The van der Waals surface area contributed by atoms with Crippen molar-refractivity contribution in [2.24, 2.45) is 5.73 Å². The van der Waals surface area contributed by atoms with Crippen molar-refractivity contribution in [1.29, 1.82) is 0 Å². The van der Waals surface area contributed by atoms with Gasteiger partial charge in [0.05, 0.1) is 41.3 Å². The molecule has 0 spiro atoms. The Balaban J connectivity index is 1.27. The first-order valence-electron chi connectivity index (χ1n) is 14.4. The molecule has 4 N–H and O–H groups in total. The molecule has 13 heteroatoms. The van der Waals surface area contributed by atoms with Crippen LogP contribution in [0.2, 0.25) is 5.02 Å². The molecule has 4 rings (SSSR count). The van der Waals surface area contributed by atoms with E-state index in [-0.39, 0.29) is 17.1 Å². The topological polar surface area (TPSA) is 131 Å². The number of anilines is 4. The molecule has 1 aliphatic rings. The summed E-state index contributed by atoms with van der Waals surface area (Å²) < 4.78 is 12.1. The summed E-state index contributed by atoms with van der Waals surface area (Å²) in [6.07, 6.45) is 1.54. The van der Waals surface area contributed by atoms with Crippen LogP contribution in [0.15, 0.2) is 30.5 Å². The number of aromatic nitrogens is 3. The molecule has 2 aromatic heterocycles. The van der Waals surface area contributed by atoms with Crippen LogP contribution in [-0.4, -0.2) is 89.4 Å². The number of ether oxygens (including phenoxy) is 2. The largest absolute Gasteiger partial charge is 0.372 e. The molecule has 0 aliphatic carbocycles. The van der Waals surface area contributed by atoms with Crippen LogP contribution in [-0.2, 0) is 9.47 Å². The van der Waals surface area contributed by atoms with E-state index in [0.717, 1.165) is 44.1 Å². The molecule has 0 bridgehead atoms. The van der Waals surface area contributed by atoms with E-state index in [4.69, 9.17) is 26.8 Å². The van der Waals surface area contributed by atoms with E-state index in [1.54, 1.807) is 12.3 Å². The van der Waals surface area contributed by atoms with Crippen LogP contribution in [0.4, 0.5) is 22.5 Å². The molecule has 1 amide bonds. The second-order valence-corrected chi connectivity index (χ2v) is 13.3. The fourth-order valence-corrected chi connectivity index (χ4v) is 5.40. The third kappa shape index (κ3) is 9.56. The molecule has 0 unspecified atom stereocenters. The van der Waals surface area contributed by atoms with E-state index in [0.29, 0.717) is 52.1 Å². The number of carbonyl (C=O) groups excluding carboxylic acids is 1. The Morgan fingerprint density at radius 3 is 2.53 bits per heavy atom. The molecule has 3 heterocycles. The molecule has 3 aromatic rings. The molecule has 0 atom stereocenters. The summed E-state index contributed by atoms with van der Waals surface area (Å²) in [4.78, 5) is 31.6. The second-order valence-electron chi connectivity index (χ2n) is 11.9. The van der Waals surface area contributed by atoms with Crippen molar-refractivity contribution < 1.29 is 14.3 Å². The number of piperazine rings is 1. The number of rotatable bonds is 13. The molecule has 0 radical (unpaired) electrons. The van der Waals surface area contributed by atoms with Crippen LogP contribution in [0.5, 0.6) is 0 Å². The Morgan fingerprint density at radius 2 is 1.84 bits per heavy atom. The van der Waals surface area contributed by atoms with Gasteiger partial charge >= 0.3 is 0 Å². The third-order valence-electron chi connectivity index (χ3n) is 7.15. The molecule has 1 fully saturated rings. The predicted octanol–water partition coefficient (Wildman–Crippen LogP) is 4.87. The van der Waals surface area contributed by atoms with Crippen LogP contribution in [0, 0.1) is 13.8 Å². The number of amides is 1. The number of nitrogens with two attached hydrogens (primary N) is 1. The molecule has 234 valence electrons. The van der Waals surface area contributed by atoms with Gasteiger partial charge in [-0.1, -0.05) is 35.1 Å². The number of halogens is 1. The zero-order chi connectivity index (χ0) is 31.2. The van der Waals surface area contributed by atoms with E-state index in [1.165, 1.54) is 11.3 Å². The van der Waals surface area contributed by atoms with E-state index in [9.17, 15) is 4.79 Å². The Labute approximate surface area is 263 Å². The van der Waals surface area contributed by atoms with Crippen molar-refractivity contribution in [1.82, 2.24) is 19.9 Å². The fraction of sp³-hybridized carbons (Fsp3) is 0.533. The maximum absolute atomic E-state index is 12.8. The summed E-state index contributed by atoms with van der Waals surface area (Å²) in [5.74, 6) is 1.87. The number of nitrogens with zero attached hydrogens (tertiary/aromatic N) is 5. The first kappa shape index (κ1) is 33.0. The molecule has 11 nitrogen and oxygen atoms in total. The highest BCUT2D eigenvalue weighted by molar-refractivity contribution is 7.17. The van der Waals surface area contributed by atoms with Gasteiger partial charge in [-0.3, -0.25) is 9.69 Å². The summed E-state index contributed by atoms with van der Waals surface area (Å²) in [5.41, 5.74) is 6.52. The van der Waals surface area contributed by atoms with E-state index >= 15 is 0 Å². The van der Waals surface area contributed by atoms with E-state index in [1.807, 2.05) is 59.7 Å². The Hall–Kier alpha value is -2.87. The van der Waals surface area contributed by atoms with Crippen LogP contribution in [0.3, 0.4) is 0 Å². The normalized spacial score (nSPS) is 14.7. The summed E-state index contributed by atoms with van der Waals surface area (Å²) in [7, 11) is 0. The second kappa shape index (κ2) is 14.3. The lowest BCUT2D eigenvalue weighted by atomic mass is 10.1. The highest BCUT2D eigenvalue weighted by Gasteiger charge is 2.25. The Morgan fingerprint density at radius 1 is 1.09 bits per heavy atom. The highest BCUT2D eigenvalue weighted by atomic mass is 35.5. The zero-order valence-electron chi connectivity index (χ0n) is 25.9. The van der Waals surface area contributed by atoms with Crippen LogP contribution >= 0.6 is 22.9 Å². The number of hydrogen-bond acceptors (Lipinski definition) is 11. The zero-order valence-corrected chi connectivity index (χ0v) is 27.4. The monoisotopic (exact) mass is 630 g/mol. The molecule has 1 saturated heterocycles. The van der Waals surface area contributed by atoms with Crippen LogP contribution in [0.1, 0.15) is 48.8 Å². The smallest absolute Gasteiger partial charge is 0.267 e. The van der Waals surface area contributed by atoms with Gasteiger partial charge in [0.1, 0.15) is 22.3 Å². The van der Waals surface area contributed by atoms with Crippen molar-refractivity contribution in [2.75, 3.05) is 68.0 Å². The summed E-state index contributed by atoms with van der Waals surface area (Å²) in [6, 6.07) is 7.41. The van der Waals surface area contributed by atoms with Crippen molar-refractivity contribution >= 4 is 51.3 Å². The first-order valence-corrected chi connectivity index (χ1v) is 15.6. The van der Waals surface area contributed by atoms with Gasteiger partial charge in [0.25, 0.3) is 5.91 Å². The number of thiazole rings is 1. The Bertz CT molecular complexity index is 1370. The van der Waals surface area contributed by atoms with Gasteiger partial charge in [0, 0.05) is 45.3 Å². The summed E-state index contributed by atoms with van der Waals surface area (Å²) >= 11 is 7.51. The SMILES string of the molecule is Cc1nc(Nc2ncc(C(=O)Nc3c(C)cccc3Cl)s2)cc(N2CCN(CCOC(C)(C)COC(C)(C)CN)CC2)n1. The molecular weight excluding hydrogens is 588 g/mol. The fourth-order valence-electron chi connectivity index (χ4n) is 4.41. The highest BCUT2D eigenvalue weighted by Crippen LogP contribution is 2.28. The van der Waals surface area contributed by atoms with Gasteiger partial charge in [-0.2, -0.15) is 0 Å². The number of hydrogen-bond donors (Lipinski definition) is 3. The van der Waals surface area contributed by atoms with Crippen molar-refractivity contribution in [3.05, 3.63) is 51.7 Å². The maximum Gasteiger partial charge on any atom is 0.267 e. The van der Waals surface area contributed by atoms with Crippen molar-refractivity contribution in [3.63, 3.8) is 0 Å². The number of benzene rings is 1. The predicted molar refractivity (Wildman–Crippen MR) is 174 cm³/mol. The third-order valence-corrected chi connectivity index (χ3v) is 8.37. The van der Waals surface area contributed by atoms with Crippen LogP contribution < -0.4 is 21.3 Å². The summed E-state index contributed by atoms with van der Waals surface area (Å²) in [6.45, 7) is 17.8. The average molecular weight is 631 g/mol. The lowest BCUT2D eigenvalue weighted by molar-refractivity contribution is -0.119. The average Bonchev–Trinajstić information content (AvgIpc) is 3.43. The van der Waals surface area contributed by atoms with Crippen molar-refractivity contribution in [2.45, 2.75) is 52.7 Å². The number of carbonyl (C=O) groups is 1. The van der Waals surface area contributed by atoms with E-state index in [2.05, 4.69) is 35.4 Å². The first-order chi connectivity index (χ1) is 20.3. The van der Waals surface area contributed by atoms with Gasteiger partial charge in [-0.15, -0.1) is 0 Å². The molecule has 43 heavy (non-hydrogen) atoms. The van der Waals surface area contributed by atoms with Crippen molar-refractivity contribution in [3.8, 4) is 0 Å². The summed E-state index contributed by atoms with van der Waals surface area (Å²) in [5, 5.41) is 7.18. The Kier molecular flexibility index (Phi) is 11.0. The van der Waals surface area contributed by atoms with Gasteiger partial charge < -0.3 is 30.7 Å². The van der Waals surface area contributed by atoms with Gasteiger partial charge in [0.15, 0.2) is 5.13 Å². The molecule has 1 aromatic carbocycles. The van der Waals surface area contributed by atoms with Gasteiger partial charge in [-0.05, 0) is 53.2 Å². The number of nitrogens with one attached hydrogen (secondary N) is 2. The lowest BCUT2D eigenvalue weighted by Gasteiger charge is -2.36.